The highest BCUT2D eigenvalue weighted by atomic mass is 19.4. The van der Waals surface area contributed by atoms with E-state index < -0.39 is 47.5 Å². The van der Waals surface area contributed by atoms with Crippen molar-refractivity contribution in [3.05, 3.63) is 53.9 Å². The average molecular weight is 441 g/mol. The number of benzene rings is 1. The van der Waals surface area contributed by atoms with E-state index in [1.807, 2.05) is 0 Å². The number of hydrogen-bond acceptors (Lipinski definition) is 6. The Balaban J connectivity index is 1.72. The van der Waals surface area contributed by atoms with Gasteiger partial charge in [0.1, 0.15) is 6.17 Å². The molecule has 31 heavy (non-hydrogen) atoms. The highest BCUT2D eigenvalue weighted by Crippen LogP contribution is 2.29. The van der Waals surface area contributed by atoms with Gasteiger partial charge in [-0.15, -0.1) is 13.2 Å². The van der Waals surface area contributed by atoms with Crippen molar-refractivity contribution in [1.82, 2.24) is 25.9 Å². The van der Waals surface area contributed by atoms with Crippen LogP contribution >= 0.6 is 0 Å². The fourth-order valence-electron chi connectivity index (χ4n) is 3.04. The smallest absolute Gasteiger partial charge is 0.403 e. The maximum absolute atomic E-state index is 14.1. The molecule has 0 spiro atoms. The number of rotatable bonds is 5. The topological polar surface area (TPSA) is 105 Å². The van der Waals surface area contributed by atoms with Gasteiger partial charge in [-0.3, -0.25) is 14.9 Å². The third-order valence-corrected chi connectivity index (χ3v) is 4.54. The van der Waals surface area contributed by atoms with E-state index in [1.165, 1.54) is 18.5 Å². The Labute approximate surface area is 174 Å². The fourth-order valence-corrected chi connectivity index (χ4v) is 3.04. The molecule has 3 rings (SSSR count). The normalized spacial score (nSPS) is 19.5. The molecule has 0 saturated carbocycles. The SMILES string of the molecule is CC(C)(NC(=O)C1CC(=O)NC(c2ncccn2)N1)c1ccc(OC(F)(F)F)c(F)c1. The predicted molar refractivity (Wildman–Crippen MR) is 98.7 cm³/mol. The van der Waals surface area contributed by atoms with Crippen LogP contribution in [0.15, 0.2) is 36.7 Å². The lowest BCUT2D eigenvalue weighted by Gasteiger charge is -2.33. The van der Waals surface area contributed by atoms with E-state index in [1.54, 1.807) is 19.9 Å². The van der Waals surface area contributed by atoms with Crippen molar-refractivity contribution < 1.29 is 31.9 Å². The molecule has 3 N–H and O–H groups in total. The van der Waals surface area contributed by atoms with Crippen molar-refractivity contribution in [1.29, 1.82) is 0 Å². The summed E-state index contributed by atoms with van der Waals surface area (Å²) in [7, 11) is 0. The summed E-state index contributed by atoms with van der Waals surface area (Å²) in [6.07, 6.45) is -2.98. The van der Waals surface area contributed by atoms with Crippen molar-refractivity contribution in [2.75, 3.05) is 0 Å². The van der Waals surface area contributed by atoms with Gasteiger partial charge in [0.2, 0.25) is 11.8 Å². The number of carbonyl (C=O) groups excluding carboxylic acids is 2. The van der Waals surface area contributed by atoms with Gasteiger partial charge in [0.25, 0.3) is 0 Å². The van der Waals surface area contributed by atoms with Gasteiger partial charge in [-0.1, -0.05) is 6.07 Å². The molecule has 1 saturated heterocycles. The molecule has 12 heteroatoms. The summed E-state index contributed by atoms with van der Waals surface area (Å²) < 4.78 is 54.7. The summed E-state index contributed by atoms with van der Waals surface area (Å²) in [5.74, 6) is -2.89. The third-order valence-electron chi connectivity index (χ3n) is 4.54. The first-order valence-electron chi connectivity index (χ1n) is 9.15. The zero-order chi connectivity index (χ0) is 22.8. The van der Waals surface area contributed by atoms with E-state index in [-0.39, 0.29) is 17.8 Å². The Morgan fingerprint density at radius 1 is 1.23 bits per heavy atom. The average Bonchev–Trinajstić information content (AvgIpc) is 2.68. The van der Waals surface area contributed by atoms with Crippen molar-refractivity contribution in [2.24, 2.45) is 0 Å². The summed E-state index contributed by atoms with van der Waals surface area (Å²) in [6, 6.07) is 3.57. The van der Waals surface area contributed by atoms with Gasteiger partial charge < -0.3 is 15.4 Å². The Kier molecular flexibility index (Phi) is 6.11. The maximum Gasteiger partial charge on any atom is 0.573 e. The number of hydrogen-bond donors (Lipinski definition) is 3. The minimum Gasteiger partial charge on any atom is -0.403 e. The van der Waals surface area contributed by atoms with Gasteiger partial charge in [0, 0.05) is 12.4 Å². The molecular weight excluding hydrogens is 422 g/mol. The Morgan fingerprint density at radius 3 is 2.52 bits per heavy atom. The van der Waals surface area contributed by atoms with E-state index in [9.17, 15) is 27.2 Å². The molecule has 1 fully saturated rings. The van der Waals surface area contributed by atoms with Crippen LogP contribution in [-0.2, 0) is 15.1 Å². The van der Waals surface area contributed by atoms with Crippen LogP contribution in [0.2, 0.25) is 0 Å². The first-order chi connectivity index (χ1) is 14.4. The molecular formula is C19H19F4N5O3. The molecule has 1 aromatic carbocycles. The monoisotopic (exact) mass is 441 g/mol. The second-order valence-electron chi connectivity index (χ2n) is 7.34. The van der Waals surface area contributed by atoms with E-state index in [0.29, 0.717) is 0 Å². The van der Waals surface area contributed by atoms with Crippen molar-refractivity contribution in [3.8, 4) is 5.75 Å². The van der Waals surface area contributed by atoms with Crippen LogP contribution in [0, 0.1) is 5.82 Å². The van der Waals surface area contributed by atoms with Gasteiger partial charge in [-0.25, -0.2) is 14.4 Å². The fraction of sp³-hybridized carbons (Fsp3) is 0.368. The van der Waals surface area contributed by atoms with Crippen LogP contribution in [0.25, 0.3) is 0 Å². The summed E-state index contributed by atoms with van der Waals surface area (Å²) in [5.41, 5.74) is -0.959. The van der Waals surface area contributed by atoms with Crippen LogP contribution in [0.5, 0.6) is 5.75 Å². The minimum atomic E-state index is -5.03. The Bertz CT molecular complexity index is 969. The third kappa shape index (κ3) is 5.66. The summed E-state index contributed by atoms with van der Waals surface area (Å²) in [5, 5.41) is 8.24. The summed E-state index contributed by atoms with van der Waals surface area (Å²) >= 11 is 0. The molecule has 166 valence electrons. The molecule has 1 aliphatic heterocycles. The molecule has 0 radical (unpaired) electrons. The lowest BCUT2D eigenvalue weighted by Crippen LogP contribution is -2.58. The number of carbonyl (C=O) groups is 2. The number of ether oxygens (including phenoxy) is 1. The zero-order valence-electron chi connectivity index (χ0n) is 16.5. The second kappa shape index (κ2) is 8.46. The lowest BCUT2D eigenvalue weighted by molar-refractivity contribution is -0.275. The number of halogens is 4. The first-order valence-corrected chi connectivity index (χ1v) is 9.15. The molecule has 0 aliphatic carbocycles. The van der Waals surface area contributed by atoms with E-state index in [0.717, 1.165) is 12.1 Å². The van der Waals surface area contributed by atoms with Gasteiger partial charge in [0.05, 0.1) is 18.0 Å². The first kappa shape index (κ1) is 22.4. The van der Waals surface area contributed by atoms with Crippen LogP contribution in [0.4, 0.5) is 17.6 Å². The standard InChI is InChI=1S/C19H19F4N5O3/c1-18(2,10-4-5-13(11(20)8-10)31-19(21,22)23)28-17(30)12-9-14(29)27-16(26-12)15-24-6-3-7-25-15/h3-8,12,16,26H,9H2,1-2H3,(H,27,29)(H,28,30). The van der Waals surface area contributed by atoms with E-state index >= 15 is 0 Å². The number of aromatic nitrogens is 2. The molecule has 2 aromatic rings. The molecule has 1 aliphatic rings. The summed E-state index contributed by atoms with van der Waals surface area (Å²) in [4.78, 5) is 32.9. The van der Waals surface area contributed by atoms with Crippen molar-refractivity contribution in [3.63, 3.8) is 0 Å². The molecule has 2 unspecified atom stereocenters. The second-order valence-corrected chi connectivity index (χ2v) is 7.34. The van der Waals surface area contributed by atoms with Gasteiger partial charge in [0.15, 0.2) is 17.4 Å². The highest BCUT2D eigenvalue weighted by molar-refractivity contribution is 5.90. The maximum atomic E-state index is 14.1. The van der Waals surface area contributed by atoms with E-state index in [4.69, 9.17) is 0 Å². The van der Waals surface area contributed by atoms with Crippen LogP contribution in [0.3, 0.4) is 0 Å². The minimum absolute atomic E-state index is 0.155. The summed E-state index contributed by atoms with van der Waals surface area (Å²) in [6.45, 7) is 3.09. The molecule has 2 amide bonds. The molecule has 8 nitrogen and oxygen atoms in total. The van der Waals surface area contributed by atoms with Gasteiger partial charge >= 0.3 is 6.36 Å². The Morgan fingerprint density at radius 2 is 1.90 bits per heavy atom. The van der Waals surface area contributed by atoms with Gasteiger partial charge in [-0.2, -0.15) is 0 Å². The molecule has 2 heterocycles. The van der Waals surface area contributed by atoms with Crippen LogP contribution in [0.1, 0.15) is 37.8 Å². The van der Waals surface area contributed by atoms with E-state index in [2.05, 4.69) is 30.7 Å². The van der Waals surface area contributed by atoms with Crippen LogP contribution < -0.4 is 20.7 Å². The highest BCUT2D eigenvalue weighted by Gasteiger charge is 2.36. The van der Waals surface area contributed by atoms with Crippen molar-refractivity contribution >= 4 is 11.8 Å². The number of amides is 2. The Hall–Kier alpha value is -3.28. The number of nitrogens with zero attached hydrogens (tertiary/aromatic N) is 2. The quantitative estimate of drug-likeness (QED) is 0.614. The number of alkyl halides is 3. The number of nitrogens with one attached hydrogen (secondary N) is 3. The predicted octanol–water partition coefficient (Wildman–Crippen LogP) is 2.04. The molecule has 0 bridgehead atoms. The largest absolute Gasteiger partial charge is 0.573 e. The van der Waals surface area contributed by atoms with Crippen molar-refractivity contribution in [2.45, 2.75) is 44.4 Å². The molecule has 1 aromatic heterocycles. The molecule has 2 atom stereocenters. The zero-order valence-corrected chi connectivity index (χ0v) is 16.5. The van der Waals surface area contributed by atoms with Crippen LogP contribution in [-0.4, -0.2) is 34.2 Å². The lowest BCUT2D eigenvalue weighted by atomic mass is 9.93. The van der Waals surface area contributed by atoms with Gasteiger partial charge in [-0.05, 0) is 37.6 Å².